The first-order valence-electron chi connectivity index (χ1n) is 8.21. The molecule has 0 bridgehead atoms. The van der Waals surface area contributed by atoms with Crippen molar-refractivity contribution in [3.63, 3.8) is 0 Å². The molecule has 4 rings (SSSR count). The molecule has 0 spiro atoms. The van der Waals surface area contributed by atoms with E-state index in [4.69, 9.17) is 9.72 Å². The van der Waals surface area contributed by atoms with Crippen LogP contribution in [-0.4, -0.2) is 41.1 Å². The summed E-state index contributed by atoms with van der Waals surface area (Å²) in [5.74, 6) is 1.55. The number of guanidine groups is 1. The number of anilines is 1. The number of nitrogens with one attached hydrogen (secondary N) is 2. The van der Waals surface area contributed by atoms with Crippen molar-refractivity contribution in [2.75, 3.05) is 25.5 Å². The van der Waals surface area contributed by atoms with E-state index in [9.17, 15) is 0 Å². The lowest BCUT2D eigenvalue weighted by atomic mass is 10.2. The highest BCUT2D eigenvalue weighted by Crippen LogP contribution is 2.32. The number of hydrogen-bond donors (Lipinski definition) is 2. The van der Waals surface area contributed by atoms with E-state index < -0.39 is 0 Å². The molecule has 9 heteroatoms. The number of rotatable bonds is 4. The highest BCUT2D eigenvalue weighted by molar-refractivity contribution is 7.14. The number of thiazole rings is 2. The predicted molar refractivity (Wildman–Crippen MR) is 106 cm³/mol. The molecule has 0 amide bonds. The highest BCUT2D eigenvalue weighted by Gasteiger charge is 2.13. The highest BCUT2D eigenvalue weighted by atomic mass is 32.1. The summed E-state index contributed by atoms with van der Waals surface area (Å²) in [7, 11) is 1.65. The molecule has 26 heavy (non-hydrogen) atoms. The fraction of sp³-hybridized carbons (Fsp3) is 0.294. The second-order valence-electron chi connectivity index (χ2n) is 5.72. The van der Waals surface area contributed by atoms with Crippen molar-refractivity contribution in [1.29, 1.82) is 0 Å². The summed E-state index contributed by atoms with van der Waals surface area (Å²) < 4.78 is 5.35. The van der Waals surface area contributed by atoms with Gasteiger partial charge in [0.2, 0.25) is 0 Å². The Bertz CT molecular complexity index is 948. The molecule has 0 atom stereocenters. The Kier molecular flexibility index (Phi) is 4.81. The minimum Gasteiger partial charge on any atom is -0.495 e. The molecule has 0 aromatic carbocycles. The smallest absolute Gasteiger partial charge is 0.197 e. The van der Waals surface area contributed by atoms with Crippen molar-refractivity contribution in [3.8, 4) is 27.7 Å². The Morgan fingerprint density at radius 3 is 2.85 bits per heavy atom. The average Bonchev–Trinajstić information content (AvgIpc) is 3.32. The van der Waals surface area contributed by atoms with Gasteiger partial charge in [0.05, 0.1) is 12.8 Å². The first-order chi connectivity index (χ1) is 12.7. The van der Waals surface area contributed by atoms with E-state index in [1.165, 1.54) is 0 Å². The third kappa shape index (κ3) is 3.54. The van der Waals surface area contributed by atoms with Crippen LogP contribution < -0.4 is 15.4 Å². The van der Waals surface area contributed by atoms with Gasteiger partial charge in [0.15, 0.2) is 11.1 Å². The molecule has 4 heterocycles. The summed E-state index contributed by atoms with van der Waals surface area (Å²) in [5.41, 5.74) is 3.51. The lowest BCUT2D eigenvalue weighted by molar-refractivity contribution is 0.409. The van der Waals surface area contributed by atoms with E-state index in [-0.39, 0.29) is 0 Å². The van der Waals surface area contributed by atoms with Crippen molar-refractivity contribution in [2.24, 2.45) is 4.99 Å². The Morgan fingerprint density at radius 1 is 1.19 bits per heavy atom. The lowest BCUT2D eigenvalue weighted by Crippen LogP contribution is -2.35. The third-order valence-electron chi connectivity index (χ3n) is 3.90. The van der Waals surface area contributed by atoms with Gasteiger partial charge in [0, 0.05) is 35.6 Å². The van der Waals surface area contributed by atoms with Crippen LogP contribution in [0.4, 0.5) is 5.13 Å². The standard InChI is InChI=1S/C17H18N6OS2/c1-10-14(24-2)6-11(7-20-10)15-21-12(8-25-15)13-9-26-17(22-13)23-16-18-4-3-5-19-16/h6-9H,3-5H2,1-2H3,(H2,18,19,22,23). The number of pyridine rings is 1. The SMILES string of the molecule is COc1cc(-c2nc(-c3csc(NC4=NCCCN4)n3)cs2)cnc1C. The first kappa shape index (κ1) is 16.9. The van der Waals surface area contributed by atoms with Gasteiger partial charge < -0.3 is 15.4 Å². The van der Waals surface area contributed by atoms with Crippen LogP contribution in [-0.2, 0) is 0 Å². The number of aryl methyl sites for hydroxylation is 1. The maximum absolute atomic E-state index is 5.35. The zero-order valence-electron chi connectivity index (χ0n) is 14.4. The second kappa shape index (κ2) is 7.38. The van der Waals surface area contributed by atoms with Crippen LogP contribution in [0, 0.1) is 6.92 Å². The van der Waals surface area contributed by atoms with E-state index in [1.807, 2.05) is 29.9 Å². The van der Waals surface area contributed by atoms with E-state index >= 15 is 0 Å². The molecule has 3 aromatic heterocycles. The van der Waals surface area contributed by atoms with Crippen molar-refractivity contribution >= 4 is 33.8 Å². The Hall–Kier alpha value is -2.52. The fourth-order valence-electron chi connectivity index (χ4n) is 2.53. The fourth-order valence-corrected chi connectivity index (χ4v) is 4.03. The van der Waals surface area contributed by atoms with Gasteiger partial charge in [0.1, 0.15) is 22.1 Å². The topological polar surface area (TPSA) is 84.3 Å². The Balaban J connectivity index is 1.54. The van der Waals surface area contributed by atoms with Gasteiger partial charge in [-0.25, -0.2) is 9.97 Å². The van der Waals surface area contributed by atoms with Crippen LogP contribution in [0.1, 0.15) is 12.1 Å². The summed E-state index contributed by atoms with van der Waals surface area (Å²) in [4.78, 5) is 18.1. The summed E-state index contributed by atoms with van der Waals surface area (Å²) in [6, 6.07) is 1.96. The van der Waals surface area contributed by atoms with E-state index in [0.29, 0.717) is 0 Å². The summed E-state index contributed by atoms with van der Waals surface area (Å²) >= 11 is 3.11. The zero-order chi connectivity index (χ0) is 17.9. The van der Waals surface area contributed by atoms with Gasteiger partial charge in [-0.1, -0.05) is 0 Å². The van der Waals surface area contributed by atoms with E-state index in [2.05, 4.69) is 25.6 Å². The third-order valence-corrected chi connectivity index (χ3v) is 5.55. The van der Waals surface area contributed by atoms with Gasteiger partial charge in [-0.15, -0.1) is 22.7 Å². The molecular formula is C17H18N6OS2. The lowest BCUT2D eigenvalue weighted by Gasteiger charge is -2.13. The number of methoxy groups -OCH3 is 1. The van der Waals surface area contributed by atoms with Gasteiger partial charge >= 0.3 is 0 Å². The number of nitrogens with zero attached hydrogens (tertiary/aromatic N) is 4. The number of ether oxygens (including phenoxy) is 1. The molecule has 0 saturated heterocycles. The molecule has 0 fully saturated rings. The molecule has 7 nitrogen and oxygen atoms in total. The van der Waals surface area contributed by atoms with Gasteiger partial charge in [-0.05, 0) is 19.4 Å². The number of aliphatic imine (C=N–C) groups is 1. The van der Waals surface area contributed by atoms with Crippen molar-refractivity contribution < 1.29 is 4.74 Å². The first-order valence-corrected chi connectivity index (χ1v) is 9.96. The van der Waals surface area contributed by atoms with E-state index in [1.54, 1.807) is 29.8 Å². The molecule has 0 radical (unpaired) electrons. The molecule has 134 valence electrons. The summed E-state index contributed by atoms with van der Waals surface area (Å²) in [6.45, 7) is 3.70. The minimum atomic E-state index is 0.764. The summed E-state index contributed by atoms with van der Waals surface area (Å²) in [5, 5.41) is 12.2. The minimum absolute atomic E-state index is 0.764. The monoisotopic (exact) mass is 386 g/mol. The molecule has 2 N–H and O–H groups in total. The Morgan fingerprint density at radius 2 is 2.04 bits per heavy atom. The van der Waals surface area contributed by atoms with Crippen molar-refractivity contribution in [2.45, 2.75) is 13.3 Å². The molecule has 0 saturated carbocycles. The quantitative estimate of drug-likeness (QED) is 0.715. The van der Waals surface area contributed by atoms with Crippen LogP contribution >= 0.6 is 22.7 Å². The predicted octanol–water partition coefficient (Wildman–Crippen LogP) is 3.41. The largest absolute Gasteiger partial charge is 0.495 e. The van der Waals surface area contributed by atoms with Crippen molar-refractivity contribution in [3.05, 3.63) is 28.7 Å². The Labute approximate surface area is 159 Å². The second-order valence-corrected chi connectivity index (χ2v) is 7.44. The molecular weight excluding hydrogens is 368 g/mol. The van der Waals surface area contributed by atoms with Gasteiger partial charge in [-0.2, -0.15) is 0 Å². The van der Waals surface area contributed by atoms with Crippen LogP contribution in [0.3, 0.4) is 0 Å². The van der Waals surface area contributed by atoms with Gasteiger partial charge in [-0.3, -0.25) is 9.98 Å². The zero-order valence-corrected chi connectivity index (χ0v) is 16.1. The normalized spacial score (nSPS) is 13.8. The molecule has 1 aliphatic rings. The molecule has 0 aliphatic carbocycles. The van der Waals surface area contributed by atoms with Crippen molar-refractivity contribution in [1.82, 2.24) is 20.3 Å². The molecule has 1 aliphatic heterocycles. The van der Waals surface area contributed by atoms with Crippen LogP contribution in [0.25, 0.3) is 22.0 Å². The maximum Gasteiger partial charge on any atom is 0.197 e. The average molecular weight is 387 g/mol. The molecule has 3 aromatic rings. The van der Waals surface area contributed by atoms with Crippen LogP contribution in [0.5, 0.6) is 5.75 Å². The maximum atomic E-state index is 5.35. The number of hydrogen-bond acceptors (Lipinski definition) is 9. The number of aromatic nitrogens is 3. The molecule has 0 unspecified atom stereocenters. The van der Waals surface area contributed by atoms with Crippen LogP contribution in [0.2, 0.25) is 0 Å². The summed E-state index contributed by atoms with van der Waals surface area (Å²) in [6.07, 6.45) is 2.88. The van der Waals surface area contributed by atoms with E-state index in [0.717, 1.165) is 64.0 Å². The van der Waals surface area contributed by atoms with Crippen LogP contribution in [0.15, 0.2) is 28.0 Å². The van der Waals surface area contributed by atoms with Gasteiger partial charge in [0.25, 0.3) is 0 Å².